The largest absolute Gasteiger partial charge is 0.409 e. The molecule has 0 aromatic carbocycles. The summed E-state index contributed by atoms with van der Waals surface area (Å²) in [6.45, 7) is 1.81. The van der Waals surface area contributed by atoms with Crippen LogP contribution in [0.1, 0.15) is 11.4 Å². The van der Waals surface area contributed by atoms with Crippen molar-refractivity contribution in [2.75, 3.05) is 0 Å². The zero-order valence-electron chi connectivity index (χ0n) is 9.16. The third-order valence-corrected chi connectivity index (χ3v) is 4.27. The van der Waals surface area contributed by atoms with Gasteiger partial charge in [0.05, 0.1) is 5.02 Å². The van der Waals surface area contributed by atoms with Crippen molar-refractivity contribution in [3.63, 3.8) is 0 Å². The van der Waals surface area contributed by atoms with Gasteiger partial charge in [-0.05, 0) is 36.3 Å². The van der Waals surface area contributed by atoms with Gasteiger partial charge in [-0.15, -0.1) is 0 Å². The lowest BCUT2D eigenvalue weighted by molar-refractivity contribution is 0.318. The first-order valence-electron chi connectivity index (χ1n) is 4.72. The normalized spacial score (nSPS) is 11.8. The second kappa shape index (κ2) is 5.51. The second-order valence-electron chi connectivity index (χ2n) is 3.17. The Bertz CT molecular complexity index is 600. The molecule has 0 aliphatic carbocycles. The lowest BCUT2D eigenvalue weighted by Crippen LogP contribution is -2.14. The fourth-order valence-electron chi connectivity index (χ4n) is 1.15. The van der Waals surface area contributed by atoms with E-state index in [1.165, 1.54) is 29.5 Å². The summed E-state index contributed by atoms with van der Waals surface area (Å²) < 4.78 is 4.80. The predicted molar refractivity (Wildman–Crippen MR) is 70.5 cm³/mol. The highest BCUT2D eigenvalue weighted by atomic mass is 35.5. The maximum Gasteiger partial charge on any atom is 0.176 e. The molecular weight excluding hydrogens is 294 g/mol. The van der Waals surface area contributed by atoms with Gasteiger partial charge in [0.25, 0.3) is 0 Å². The molecule has 2 aromatic rings. The molecule has 0 spiro atoms. The van der Waals surface area contributed by atoms with Gasteiger partial charge in [0.2, 0.25) is 0 Å². The fraction of sp³-hybridized carbons (Fsp3) is 0.111. The average molecular weight is 302 g/mol. The number of halogens is 1. The molecule has 0 radical (unpaired) electrons. The molecule has 0 atom stereocenters. The minimum Gasteiger partial charge on any atom is -0.409 e. The first-order valence-corrected chi connectivity index (χ1v) is 6.69. The van der Waals surface area contributed by atoms with Crippen LogP contribution in [0.25, 0.3) is 0 Å². The smallest absolute Gasteiger partial charge is 0.176 e. The number of nitrogens with two attached hydrogens (primary N) is 1. The highest BCUT2D eigenvalue weighted by Gasteiger charge is 2.13. The Morgan fingerprint density at radius 2 is 2.39 bits per heavy atom. The van der Waals surface area contributed by atoms with Gasteiger partial charge in [-0.3, -0.25) is 0 Å². The van der Waals surface area contributed by atoms with Crippen molar-refractivity contribution in [3.8, 4) is 0 Å². The van der Waals surface area contributed by atoms with E-state index in [0.717, 1.165) is 4.34 Å². The third-order valence-electron chi connectivity index (χ3n) is 1.93. The summed E-state index contributed by atoms with van der Waals surface area (Å²) in [6, 6.07) is 1.58. The molecule has 3 N–H and O–H groups in total. The lowest BCUT2D eigenvalue weighted by Gasteiger charge is -2.05. The Hall–Kier alpha value is -1.38. The van der Waals surface area contributed by atoms with Gasteiger partial charge in [-0.25, -0.2) is 9.97 Å². The molecule has 0 bridgehead atoms. The van der Waals surface area contributed by atoms with Crippen molar-refractivity contribution in [1.29, 1.82) is 0 Å². The number of amidine groups is 1. The van der Waals surface area contributed by atoms with Crippen LogP contribution in [-0.2, 0) is 0 Å². The van der Waals surface area contributed by atoms with E-state index in [1.807, 2.05) is 6.92 Å². The molecule has 0 saturated heterocycles. The number of aromatic nitrogens is 3. The Labute approximate surface area is 116 Å². The topological polar surface area (TPSA) is 97.3 Å². The van der Waals surface area contributed by atoms with Crippen molar-refractivity contribution in [2.24, 2.45) is 10.9 Å². The van der Waals surface area contributed by atoms with Crippen LogP contribution in [0, 0.1) is 6.92 Å². The first-order chi connectivity index (χ1) is 8.61. The van der Waals surface area contributed by atoms with E-state index >= 15 is 0 Å². The Morgan fingerprint density at radius 1 is 1.61 bits per heavy atom. The van der Waals surface area contributed by atoms with Crippen LogP contribution < -0.4 is 5.73 Å². The quantitative estimate of drug-likeness (QED) is 0.390. The molecule has 2 heterocycles. The van der Waals surface area contributed by atoms with Gasteiger partial charge in [0.15, 0.2) is 10.2 Å². The molecule has 0 amide bonds. The summed E-state index contributed by atoms with van der Waals surface area (Å²) in [7, 11) is 0. The summed E-state index contributed by atoms with van der Waals surface area (Å²) in [6.07, 6.45) is 1.54. The highest BCUT2D eigenvalue weighted by molar-refractivity contribution is 8.01. The molecule has 2 aromatic heterocycles. The number of oxime groups is 1. The molecule has 18 heavy (non-hydrogen) atoms. The third kappa shape index (κ3) is 2.71. The van der Waals surface area contributed by atoms with Gasteiger partial charge < -0.3 is 10.9 Å². The molecule has 0 saturated carbocycles. The molecule has 0 fully saturated rings. The van der Waals surface area contributed by atoms with Crippen molar-refractivity contribution in [2.45, 2.75) is 16.3 Å². The molecule has 6 nitrogen and oxygen atoms in total. The number of hydrogen-bond acceptors (Lipinski definition) is 7. The van der Waals surface area contributed by atoms with Crippen LogP contribution in [0.15, 0.2) is 26.8 Å². The molecular formula is C9H8ClN5OS2. The molecule has 94 valence electrons. The summed E-state index contributed by atoms with van der Waals surface area (Å²) in [4.78, 5) is 8.34. The Kier molecular flexibility index (Phi) is 4.00. The van der Waals surface area contributed by atoms with Gasteiger partial charge >= 0.3 is 0 Å². The zero-order valence-corrected chi connectivity index (χ0v) is 11.6. The monoisotopic (exact) mass is 301 g/mol. The summed E-state index contributed by atoms with van der Waals surface area (Å²) >= 11 is 8.69. The van der Waals surface area contributed by atoms with Crippen LogP contribution in [-0.4, -0.2) is 25.4 Å². The van der Waals surface area contributed by atoms with Crippen molar-refractivity contribution in [1.82, 2.24) is 14.3 Å². The molecule has 0 unspecified atom stereocenters. The van der Waals surface area contributed by atoms with Crippen molar-refractivity contribution >= 4 is 40.7 Å². The van der Waals surface area contributed by atoms with Gasteiger partial charge in [0.1, 0.15) is 10.9 Å². The maximum atomic E-state index is 8.65. The van der Waals surface area contributed by atoms with Crippen LogP contribution in [0.5, 0.6) is 0 Å². The summed E-state index contributed by atoms with van der Waals surface area (Å²) in [5.41, 5.74) is 5.94. The highest BCUT2D eigenvalue weighted by Crippen LogP contribution is 2.33. The number of rotatable bonds is 3. The minimum atomic E-state index is -0.0577. The van der Waals surface area contributed by atoms with Crippen molar-refractivity contribution in [3.05, 3.63) is 28.7 Å². The van der Waals surface area contributed by atoms with E-state index in [0.29, 0.717) is 21.4 Å². The van der Waals surface area contributed by atoms with E-state index in [9.17, 15) is 0 Å². The number of pyridine rings is 1. The number of aryl methyl sites for hydroxylation is 1. The van der Waals surface area contributed by atoms with Crippen molar-refractivity contribution < 1.29 is 5.21 Å². The van der Waals surface area contributed by atoms with Crippen LogP contribution >= 0.6 is 34.9 Å². The number of nitrogens with zero attached hydrogens (tertiary/aromatic N) is 4. The fourth-order valence-corrected chi connectivity index (χ4v) is 3.05. The van der Waals surface area contributed by atoms with Gasteiger partial charge in [-0.2, -0.15) is 4.37 Å². The summed E-state index contributed by atoms with van der Waals surface area (Å²) in [5, 5.41) is 12.4. The van der Waals surface area contributed by atoms with Gasteiger partial charge in [-0.1, -0.05) is 16.8 Å². The number of hydrogen-bond donors (Lipinski definition) is 2. The minimum absolute atomic E-state index is 0.0577. The zero-order chi connectivity index (χ0) is 13.1. The van der Waals surface area contributed by atoms with E-state index in [2.05, 4.69) is 19.5 Å². The molecule has 0 aliphatic heterocycles. The van der Waals surface area contributed by atoms with E-state index in [-0.39, 0.29) is 5.84 Å². The van der Waals surface area contributed by atoms with Crippen LogP contribution in [0.2, 0.25) is 5.02 Å². The molecule has 0 aliphatic rings. The Morgan fingerprint density at radius 3 is 3.00 bits per heavy atom. The van der Waals surface area contributed by atoms with Crippen LogP contribution in [0.4, 0.5) is 0 Å². The van der Waals surface area contributed by atoms with E-state index in [4.69, 9.17) is 22.5 Å². The molecule has 9 heteroatoms. The lowest BCUT2D eigenvalue weighted by atomic mass is 10.2. The Balaban J connectivity index is 2.34. The maximum absolute atomic E-state index is 8.65. The van der Waals surface area contributed by atoms with E-state index < -0.39 is 0 Å². The summed E-state index contributed by atoms with van der Waals surface area (Å²) in [5.74, 6) is 0.643. The van der Waals surface area contributed by atoms with Crippen LogP contribution in [0.3, 0.4) is 0 Å². The second-order valence-corrected chi connectivity index (χ2v) is 5.54. The molecule has 2 rings (SSSR count). The standard InChI is InChI=1S/C9H8ClN5OS2/c1-4-13-9(18-15-4)17-8-6(10)5(2-3-12-8)7(11)14-16/h2-3,16H,1H3,(H2,11,14). The first kappa shape index (κ1) is 13.1. The average Bonchev–Trinajstić information content (AvgIpc) is 2.76. The predicted octanol–water partition coefficient (Wildman–Crippen LogP) is 2.14. The van der Waals surface area contributed by atoms with Gasteiger partial charge in [0, 0.05) is 11.8 Å². The van der Waals surface area contributed by atoms with E-state index in [1.54, 1.807) is 6.07 Å². The SMILES string of the molecule is Cc1nsc(Sc2nccc(/C(N)=N/O)c2Cl)n1.